The summed E-state index contributed by atoms with van der Waals surface area (Å²) < 4.78 is 45.4. The molecule has 1 N–H and O–H groups in total. The maximum Gasteiger partial charge on any atom is 0.419 e. The average molecular weight is 243 g/mol. The SMILES string of the molecule is CCOC(=O)N[C@@H](C(=O)OCC)C(F)(F)F. The highest BCUT2D eigenvalue weighted by molar-refractivity contribution is 5.82. The molecule has 0 aliphatic rings. The molecule has 0 heterocycles. The molecule has 1 amide bonds. The molecule has 5 nitrogen and oxygen atoms in total. The van der Waals surface area contributed by atoms with Gasteiger partial charge in [0, 0.05) is 0 Å². The first-order valence-corrected chi connectivity index (χ1v) is 4.49. The quantitative estimate of drug-likeness (QED) is 0.754. The van der Waals surface area contributed by atoms with E-state index in [1.54, 1.807) is 0 Å². The number of nitrogens with one attached hydrogen (secondary N) is 1. The summed E-state index contributed by atoms with van der Waals surface area (Å²) in [6.07, 6.45) is -6.24. The van der Waals surface area contributed by atoms with E-state index in [9.17, 15) is 22.8 Å². The number of esters is 1. The number of rotatable bonds is 4. The summed E-state index contributed by atoms with van der Waals surface area (Å²) in [4.78, 5) is 21.7. The molecule has 0 fully saturated rings. The summed E-state index contributed by atoms with van der Waals surface area (Å²) in [7, 11) is 0. The second-order valence-corrected chi connectivity index (χ2v) is 2.59. The Balaban J connectivity index is 4.57. The second-order valence-electron chi connectivity index (χ2n) is 2.59. The molecule has 0 aliphatic carbocycles. The highest BCUT2D eigenvalue weighted by Crippen LogP contribution is 2.21. The number of hydrogen-bond donors (Lipinski definition) is 1. The van der Waals surface area contributed by atoms with E-state index in [2.05, 4.69) is 9.47 Å². The van der Waals surface area contributed by atoms with Crippen LogP contribution < -0.4 is 5.32 Å². The summed E-state index contributed by atoms with van der Waals surface area (Å²) in [5, 5.41) is 1.38. The van der Waals surface area contributed by atoms with Gasteiger partial charge in [-0.15, -0.1) is 0 Å². The number of hydrogen-bond acceptors (Lipinski definition) is 4. The van der Waals surface area contributed by atoms with Gasteiger partial charge in [-0.25, -0.2) is 9.59 Å². The first-order valence-electron chi connectivity index (χ1n) is 4.49. The fourth-order valence-corrected chi connectivity index (χ4v) is 0.791. The number of amides is 1. The van der Waals surface area contributed by atoms with Gasteiger partial charge in [0.1, 0.15) is 0 Å². The third-order valence-electron chi connectivity index (χ3n) is 1.39. The van der Waals surface area contributed by atoms with Crippen molar-refractivity contribution >= 4 is 12.1 Å². The van der Waals surface area contributed by atoms with Gasteiger partial charge in [0.05, 0.1) is 13.2 Å². The van der Waals surface area contributed by atoms with Crippen LogP contribution in [0.5, 0.6) is 0 Å². The van der Waals surface area contributed by atoms with Gasteiger partial charge in [-0.05, 0) is 13.8 Å². The van der Waals surface area contributed by atoms with Gasteiger partial charge in [0.2, 0.25) is 6.04 Å². The van der Waals surface area contributed by atoms with Crippen molar-refractivity contribution in [2.45, 2.75) is 26.1 Å². The van der Waals surface area contributed by atoms with Crippen LogP contribution in [-0.2, 0) is 14.3 Å². The zero-order valence-electron chi connectivity index (χ0n) is 8.76. The fraction of sp³-hybridized carbons (Fsp3) is 0.750. The molecule has 0 aromatic rings. The highest BCUT2D eigenvalue weighted by atomic mass is 19.4. The lowest BCUT2D eigenvalue weighted by molar-refractivity contribution is -0.183. The van der Waals surface area contributed by atoms with Crippen molar-refractivity contribution in [3.63, 3.8) is 0 Å². The Labute approximate surface area is 89.9 Å². The highest BCUT2D eigenvalue weighted by Gasteiger charge is 2.47. The summed E-state index contributed by atoms with van der Waals surface area (Å²) in [5.41, 5.74) is 0. The zero-order valence-corrected chi connectivity index (χ0v) is 8.76. The minimum absolute atomic E-state index is 0.0980. The monoisotopic (exact) mass is 243 g/mol. The Morgan fingerprint density at radius 3 is 2.06 bits per heavy atom. The van der Waals surface area contributed by atoms with Gasteiger partial charge in [-0.3, -0.25) is 5.32 Å². The standard InChI is InChI=1S/C8H12F3NO4/c1-3-15-6(13)5(8(9,10)11)12-7(14)16-4-2/h5H,3-4H2,1-2H3,(H,12,14)/t5-/m0/s1. The van der Waals surface area contributed by atoms with Crippen LogP contribution in [0.25, 0.3) is 0 Å². The molecule has 0 aromatic carbocycles. The Bertz CT molecular complexity index is 254. The van der Waals surface area contributed by atoms with E-state index < -0.39 is 24.3 Å². The number of halogens is 3. The summed E-state index contributed by atoms with van der Waals surface area (Å²) in [6, 6.07) is -2.70. The third kappa shape index (κ3) is 4.85. The normalized spacial score (nSPS) is 12.8. The Morgan fingerprint density at radius 2 is 1.69 bits per heavy atom. The Kier molecular flexibility index (Phi) is 5.62. The lowest BCUT2D eigenvalue weighted by Crippen LogP contribution is -2.51. The number of alkyl carbamates (subject to hydrolysis) is 1. The lowest BCUT2D eigenvalue weighted by Gasteiger charge is -2.19. The van der Waals surface area contributed by atoms with Gasteiger partial charge in [-0.2, -0.15) is 13.2 Å². The van der Waals surface area contributed by atoms with Crippen molar-refractivity contribution in [1.82, 2.24) is 5.32 Å². The number of carbonyl (C=O) groups is 2. The first kappa shape index (κ1) is 14.5. The van der Waals surface area contributed by atoms with E-state index >= 15 is 0 Å². The van der Waals surface area contributed by atoms with E-state index in [4.69, 9.17) is 0 Å². The second kappa shape index (κ2) is 6.19. The molecule has 0 bridgehead atoms. The van der Waals surface area contributed by atoms with E-state index in [1.807, 2.05) is 0 Å². The summed E-state index contributed by atoms with van der Waals surface area (Å²) >= 11 is 0. The average Bonchev–Trinajstić information content (AvgIpc) is 2.13. The van der Waals surface area contributed by atoms with E-state index in [1.165, 1.54) is 19.2 Å². The Morgan fingerprint density at radius 1 is 1.19 bits per heavy atom. The van der Waals surface area contributed by atoms with Gasteiger partial charge < -0.3 is 9.47 Å². The molecule has 0 unspecified atom stereocenters. The maximum absolute atomic E-state index is 12.3. The molecule has 0 aliphatic heterocycles. The molecule has 94 valence electrons. The van der Waals surface area contributed by atoms with Crippen LogP contribution in [0, 0.1) is 0 Å². The molecule has 0 radical (unpaired) electrons. The molecule has 16 heavy (non-hydrogen) atoms. The van der Waals surface area contributed by atoms with E-state index in [0.29, 0.717) is 0 Å². The van der Waals surface area contributed by atoms with Crippen LogP contribution in [0.1, 0.15) is 13.8 Å². The fourth-order valence-electron chi connectivity index (χ4n) is 0.791. The summed E-state index contributed by atoms with van der Waals surface area (Å²) in [6.45, 7) is 2.47. The van der Waals surface area contributed by atoms with Crippen LogP contribution in [0.15, 0.2) is 0 Å². The topological polar surface area (TPSA) is 64.6 Å². The van der Waals surface area contributed by atoms with Crippen molar-refractivity contribution in [2.24, 2.45) is 0 Å². The minimum Gasteiger partial charge on any atom is -0.464 e. The maximum atomic E-state index is 12.3. The minimum atomic E-state index is -4.92. The van der Waals surface area contributed by atoms with Gasteiger partial charge in [0.25, 0.3) is 0 Å². The molecule has 1 atom stereocenters. The first-order chi connectivity index (χ1) is 7.32. The van der Waals surface area contributed by atoms with Gasteiger partial charge >= 0.3 is 18.2 Å². The zero-order chi connectivity index (χ0) is 12.8. The Hall–Kier alpha value is -1.47. The number of carbonyl (C=O) groups excluding carboxylic acids is 2. The molecular formula is C8H12F3NO4. The van der Waals surface area contributed by atoms with Gasteiger partial charge in [-0.1, -0.05) is 0 Å². The van der Waals surface area contributed by atoms with E-state index in [0.717, 1.165) is 0 Å². The van der Waals surface area contributed by atoms with Crippen LogP contribution in [0.2, 0.25) is 0 Å². The molecule has 0 rings (SSSR count). The molecule has 8 heteroatoms. The number of ether oxygens (including phenoxy) is 2. The number of alkyl halides is 3. The molecule has 0 saturated heterocycles. The predicted octanol–water partition coefficient (Wildman–Crippen LogP) is 1.23. The molecule has 0 saturated carbocycles. The smallest absolute Gasteiger partial charge is 0.419 e. The van der Waals surface area contributed by atoms with E-state index in [-0.39, 0.29) is 13.2 Å². The largest absolute Gasteiger partial charge is 0.464 e. The predicted molar refractivity (Wildman–Crippen MR) is 46.6 cm³/mol. The van der Waals surface area contributed by atoms with Crippen molar-refractivity contribution in [2.75, 3.05) is 13.2 Å². The molecule has 0 spiro atoms. The van der Waals surface area contributed by atoms with Crippen LogP contribution in [0.4, 0.5) is 18.0 Å². The van der Waals surface area contributed by atoms with Crippen molar-refractivity contribution in [1.29, 1.82) is 0 Å². The van der Waals surface area contributed by atoms with Crippen molar-refractivity contribution in [3.8, 4) is 0 Å². The molecular weight excluding hydrogens is 231 g/mol. The third-order valence-corrected chi connectivity index (χ3v) is 1.39. The summed E-state index contributed by atoms with van der Waals surface area (Å²) in [5.74, 6) is -1.57. The lowest BCUT2D eigenvalue weighted by atomic mass is 10.3. The van der Waals surface area contributed by atoms with Crippen molar-refractivity contribution < 1.29 is 32.2 Å². The van der Waals surface area contributed by atoms with Crippen LogP contribution in [-0.4, -0.2) is 37.5 Å². The van der Waals surface area contributed by atoms with Crippen molar-refractivity contribution in [3.05, 3.63) is 0 Å². The van der Waals surface area contributed by atoms with Gasteiger partial charge in [0.15, 0.2) is 0 Å². The van der Waals surface area contributed by atoms with Crippen LogP contribution >= 0.6 is 0 Å². The molecule has 0 aromatic heterocycles. The van der Waals surface area contributed by atoms with Crippen LogP contribution in [0.3, 0.4) is 0 Å².